The van der Waals surface area contributed by atoms with Gasteiger partial charge < -0.3 is 23.7 Å². The summed E-state index contributed by atoms with van der Waals surface area (Å²) in [6, 6.07) is 9.92. The fraction of sp³-hybridized carbons (Fsp3) is 0.571. The Morgan fingerprint density at radius 3 is 2.63 bits per heavy atom. The highest BCUT2D eigenvalue weighted by Crippen LogP contribution is 2.43. The largest absolute Gasteiger partial charge is 0.361 e. The fourth-order valence-electron chi connectivity index (χ4n) is 2.80. The molecule has 0 spiro atoms. The number of hydrogen-bond donors (Lipinski definition) is 0. The Kier molecular flexibility index (Phi) is 2.82. The van der Waals surface area contributed by atoms with Crippen LogP contribution >= 0.6 is 0 Å². The van der Waals surface area contributed by atoms with Crippen LogP contribution in [0.25, 0.3) is 0 Å². The summed E-state index contributed by atoms with van der Waals surface area (Å²) in [5.74, 6) is 0. The molecule has 3 fully saturated rings. The van der Waals surface area contributed by atoms with E-state index in [-0.39, 0.29) is 37.0 Å². The summed E-state index contributed by atoms with van der Waals surface area (Å²) in [5.41, 5.74) is 1.02. The predicted molar refractivity (Wildman–Crippen MR) is 64.3 cm³/mol. The molecule has 3 aliphatic rings. The first-order valence-electron chi connectivity index (χ1n) is 6.52. The monoisotopic (exact) mass is 264 g/mol. The molecule has 4 rings (SSSR count). The van der Waals surface area contributed by atoms with Crippen molar-refractivity contribution < 1.29 is 23.7 Å². The van der Waals surface area contributed by atoms with Crippen LogP contribution in [-0.4, -0.2) is 44.4 Å². The van der Waals surface area contributed by atoms with E-state index >= 15 is 0 Å². The maximum absolute atomic E-state index is 6.00. The van der Waals surface area contributed by atoms with Crippen molar-refractivity contribution in [3.63, 3.8) is 0 Å². The SMILES string of the molecule is CO[C@H]1O[C@@H]2COC(c3ccccc3)O[C@H]2[C@H]2O[C@H]12. The Balaban J connectivity index is 1.50. The number of fused-ring (bicyclic) bond motifs is 3. The van der Waals surface area contributed by atoms with Crippen LogP contribution in [-0.2, 0) is 23.7 Å². The molecule has 0 radical (unpaired) electrons. The minimum atomic E-state index is -0.338. The summed E-state index contributed by atoms with van der Waals surface area (Å²) in [5, 5.41) is 0. The average molecular weight is 264 g/mol. The van der Waals surface area contributed by atoms with Crippen molar-refractivity contribution in [2.24, 2.45) is 0 Å². The molecule has 0 aromatic heterocycles. The third-order valence-corrected chi connectivity index (χ3v) is 3.83. The predicted octanol–water partition coefficient (Wildman–Crippen LogP) is 1.24. The summed E-state index contributed by atoms with van der Waals surface area (Å²) >= 11 is 0. The summed E-state index contributed by atoms with van der Waals surface area (Å²) in [6.45, 7) is 0.497. The molecule has 1 unspecified atom stereocenters. The highest BCUT2D eigenvalue weighted by Gasteiger charge is 2.60. The Morgan fingerprint density at radius 2 is 1.84 bits per heavy atom. The van der Waals surface area contributed by atoms with Gasteiger partial charge in [0.2, 0.25) is 0 Å². The van der Waals surface area contributed by atoms with Crippen molar-refractivity contribution >= 4 is 0 Å². The Labute approximate surface area is 111 Å². The summed E-state index contributed by atoms with van der Waals surface area (Å²) in [4.78, 5) is 0. The standard InChI is InChI=1S/C14H16O5/c1-15-14-12-11(18-12)10-9(17-14)7-16-13(19-10)8-5-3-2-4-6-8/h2-6,9-14H,7H2,1H3/t9-,10-,11-,12+,13?,14+/m1/s1. The van der Waals surface area contributed by atoms with Gasteiger partial charge in [-0.3, -0.25) is 0 Å². The molecular weight excluding hydrogens is 248 g/mol. The molecule has 5 nitrogen and oxygen atoms in total. The molecule has 1 aromatic carbocycles. The van der Waals surface area contributed by atoms with E-state index in [1.54, 1.807) is 7.11 Å². The van der Waals surface area contributed by atoms with Crippen molar-refractivity contribution in [3.8, 4) is 0 Å². The van der Waals surface area contributed by atoms with Gasteiger partial charge in [-0.1, -0.05) is 30.3 Å². The van der Waals surface area contributed by atoms with Crippen molar-refractivity contribution in [3.05, 3.63) is 35.9 Å². The quantitative estimate of drug-likeness (QED) is 0.752. The van der Waals surface area contributed by atoms with Gasteiger partial charge in [0.1, 0.15) is 24.4 Å². The maximum Gasteiger partial charge on any atom is 0.186 e. The normalized spacial score (nSPS) is 44.3. The van der Waals surface area contributed by atoms with Gasteiger partial charge in [0.15, 0.2) is 12.6 Å². The molecule has 3 saturated heterocycles. The Morgan fingerprint density at radius 1 is 1.00 bits per heavy atom. The third kappa shape index (κ3) is 1.98. The highest BCUT2D eigenvalue weighted by molar-refractivity contribution is 5.17. The molecule has 5 heteroatoms. The van der Waals surface area contributed by atoms with E-state index in [1.165, 1.54) is 0 Å². The zero-order valence-electron chi connectivity index (χ0n) is 10.6. The molecule has 19 heavy (non-hydrogen) atoms. The van der Waals surface area contributed by atoms with E-state index in [2.05, 4.69) is 0 Å². The summed E-state index contributed by atoms with van der Waals surface area (Å²) < 4.78 is 28.4. The van der Waals surface area contributed by atoms with Crippen LogP contribution in [0.15, 0.2) is 30.3 Å². The van der Waals surface area contributed by atoms with Gasteiger partial charge in [0, 0.05) is 12.7 Å². The number of ether oxygens (including phenoxy) is 5. The lowest BCUT2D eigenvalue weighted by atomic mass is 10.0. The van der Waals surface area contributed by atoms with Crippen molar-refractivity contribution in [2.75, 3.05) is 13.7 Å². The molecule has 0 saturated carbocycles. The fourth-order valence-corrected chi connectivity index (χ4v) is 2.80. The number of hydrogen-bond acceptors (Lipinski definition) is 5. The molecule has 1 aromatic rings. The van der Waals surface area contributed by atoms with Crippen LogP contribution in [0.1, 0.15) is 11.9 Å². The maximum atomic E-state index is 6.00. The average Bonchev–Trinajstić information content (AvgIpc) is 3.27. The third-order valence-electron chi connectivity index (χ3n) is 3.83. The Bertz CT molecular complexity index is 450. The van der Waals surface area contributed by atoms with E-state index in [0.29, 0.717) is 6.61 Å². The smallest absolute Gasteiger partial charge is 0.186 e. The number of epoxide rings is 1. The van der Waals surface area contributed by atoms with Gasteiger partial charge in [-0.15, -0.1) is 0 Å². The molecule has 6 atom stereocenters. The first-order valence-corrected chi connectivity index (χ1v) is 6.52. The first-order chi connectivity index (χ1) is 9.36. The van der Waals surface area contributed by atoms with Crippen LogP contribution in [0, 0.1) is 0 Å². The van der Waals surface area contributed by atoms with Crippen LogP contribution < -0.4 is 0 Å². The van der Waals surface area contributed by atoms with E-state index in [4.69, 9.17) is 23.7 Å². The molecular formula is C14H16O5. The van der Waals surface area contributed by atoms with Crippen LogP contribution in [0.2, 0.25) is 0 Å². The van der Waals surface area contributed by atoms with Gasteiger partial charge in [-0.25, -0.2) is 0 Å². The highest BCUT2D eigenvalue weighted by atomic mass is 16.8. The topological polar surface area (TPSA) is 49.5 Å². The lowest BCUT2D eigenvalue weighted by Crippen LogP contribution is -2.52. The van der Waals surface area contributed by atoms with Crippen LogP contribution in [0.3, 0.4) is 0 Å². The minimum Gasteiger partial charge on any atom is -0.361 e. The second kappa shape index (κ2) is 4.54. The number of rotatable bonds is 2. The van der Waals surface area contributed by atoms with Gasteiger partial charge in [0.25, 0.3) is 0 Å². The summed E-state index contributed by atoms with van der Waals surface area (Å²) in [7, 11) is 1.63. The second-order valence-electron chi connectivity index (χ2n) is 5.02. The van der Waals surface area contributed by atoms with Crippen LogP contribution in [0.4, 0.5) is 0 Å². The molecule has 3 heterocycles. The lowest BCUT2D eigenvalue weighted by molar-refractivity contribution is -0.304. The van der Waals surface area contributed by atoms with E-state index in [1.807, 2.05) is 30.3 Å². The van der Waals surface area contributed by atoms with Crippen molar-refractivity contribution in [2.45, 2.75) is 37.0 Å². The van der Waals surface area contributed by atoms with E-state index in [0.717, 1.165) is 5.56 Å². The number of benzene rings is 1. The first kappa shape index (κ1) is 11.8. The second-order valence-corrected chi connectivity index (χ2v) is 5.02. The van der Waals surface area contributed by atoms with Gasteiger partial charge in [-0.2, -0.15) is 0 Å². The van der Waals surface area contributed by atoms with Gasteiger partial charge in [-0.05, 0) is 0 Å². The van der Waals surface area contributed by atoms with E-state index < -0.39 is 0 Å². The molecule has 0 amide bonds. The zero-order chi connectivity index (χ0) is 12.8. The van der Waals surface area contributed by atoms with Gasteiger partial charge in [0.05, 0.1) is 6.61 Å². The molecule has 0 N–H and O–H groups in total. The molecule has 102 valence electrons. The van der Waals surface area contributed by atoms with E-state index in [9.17, 15) is 0 Å². The van der Waals surface area contributed by atoms with Crippen molar-refractivity contribution in [1.29, 1.82) is 0 Å². The van der Waals surface area contributed by atoms with Crippen molar-refractivity contribution in [1.82, 2.24) is 0 Å². The molecule has 0 aliphatic carbocycles. The van der Waals surface area contributed by atoms with Crippen LogP contribution in [0.5, 0.6) is 0 Å². The van der Waals surface area contributed by atoms with Gasteiger partial charge >= 0.3 is 0 Å². The molecule has 0 bridgehead atoms. The Hall–Kier alpha value is -0.980. The lowest BCUT2D eigenvalue weighted by Gasteiger charge is -2.39. The zero-order valence-corrected chi connectivity index (χ0v) is 10.6. The molecule has 3 aliphatic heterocycles. The number of methoxy groups -OCH3 is 1. The summed E-state index contributed by atoms with van der Waals surface area (Å²) in [6.07, 6.45) is -0.759. The minimum absolute atomic E-state index is 0.000716.